The maximum Gasteiger partial charge on any atom is 0.416 e. The molecule has 0 aliphatic carbocycles. The van der Waals surface area contributed by atoms with Gasteiger partial charge in [0.2, 0.25) is 0 Å². The van der Waals surface area contributed by atoms with Gasteiger partial charge in [0.25, 0.3) is 5.56 Å². The van der Waals surface area contributed by atoms with E-state index in [1.165, 1.54) is 16.7 Å². The SMILES string of the molecule is CC(C)Cn1c(=O)cc(N2CCN(c3cccc(C(F)(F)F)c3)CC2)[nH]c1=O. The molecular weight excluding hydrogens is 373 g/mol. The number of halogens is 3. The van der Waals surface area contributed by atoms with E-state index in [1.54, 1.807) is 6.07 Å². The Labute approximate surface area is 160 Å². The van der Waals surface area contributed by atoms with Gasteiger partial charge >= 0.3 is 11.9 Å². The number of H-pyrrole nitrogens is 1. The number of nitrogens with zero attached hydrogens (tertiary/aromatic N) is 3. The molecule has 0 bridgehead atoms. The van der Waals surface area contributed by atoms with E-state index < -0.39 is 17.4 Å². The lowest BCUT2D eigenvalue weighted by molar-refractivity contribution is -0.137. The summed E-state index contributed by atoms with van der Waals surface area (Å²) in [6.07, 6.45) is -4.38. The average Bonchev–Trinajstić information content (AvgIpc) is 2.64. The number of aromatic nitrogens is 2. The monoisotopic (exact) mass is 396 g/mol. The Balaban J connectivity index is 1.73. The van der Waals surface area contributed by atoms with Crippen molar-refractivity contribution in [1.29, 1.82) is 0 Å². The molecule has 1 aromatic carbocycles. The van der Waals surface area contributed by atoms with E-state index in [-0.39, 0.29) is 11.5 Å². The summed E-state index contributed by atoms with van der Waals surface area (Å²) in [6, 6.07) is 6.65. The van der Waals surface area contributed by atoms with Crippen molar-refractivity contribution in [2.45, 2.75) is 26.6 Å². The molecule has 1 aromatic heterocycles. The second kappa shape index (κ2) is 7.73. The molecule has 0 amide bonds. The van der Waals surface area contributed by atoms with Crippen molar-refractivity contribution in [2.24, 2.45) is 5.92 Å². The fourth-order valence-corrected chi connectivity index (χ4v) is 3.30. The van der Waals surface area contributed by atoms with E-state index in [9.17, 15) is 22.8 Å². The van der Waals surface area contributed by atoms with Crippen LogP contribution in [0.2, 0.25) is 0 Å². The number of hydrogen-bond donors (Lipinski definition) is 1. The van der Waals surface area contributed by atoms with E-state index in [0.29, 0.717) is 44.2 Å². The molecule has 9 heteroatoms. The van der Waals surface area contributed by atoms with Gasteiger partial charge in [0.1, 0.15) is 5.82 Å². The number of piperazine rings is 1. The van der Waals surface area contributed by atoms with Gasteiger partial charge in [-0.25, -0.2) is 4.79 Å². The molecular formula is C19H23F3N4O2. The van der Waals surface area contributed by atoms with Crippen molar-refractivity contribution < 1.29 is 13.2 Å². The van der Waals surface area contributed by atoms with E-state index in [0.717, 1.165) is 12.1 Å². The van der Waals surface area contributed by atoms with Crippen molar-refractivity contribution in [3.8, 4) is 0 Å². The number of alkyl halides is 3. The maximum absolute atomic E-state index is 12.9. The van der Waals surface area contributed by atoms with Crippen LogP contribution < -0.4 is 21.0 Å². The van der Waals surface area contributed by atoms with Crippen LogP contribution in [-0.2, 0) is 12.7 Å². The van der Waals surface area contributed by atoms with Gasteiger partial charge in [0, 0.05) is 44.5 Å². The van der Waals surface area contributed by atoms with Crippen LogP contribution in [0.15, 0.2) is 39.9 Å². The lowest BCUT2D eigenvalue weighted by Crippen LogP contribution is -2.48. The van der Waals surface area contributed by atoms with E-state index in [2.05, 4.69) is 4.98 Å². The highest BCUT2D eigenvalue weighted by molar-refractivity contribution is 5.51. The Morgan fingerprint density at radius 1 is 1.04 bits per heavy atom. The first-order valence-corrected chi connectivity index (χ1v) is 9.16. The standard InChI is InChI=1S/C19H23F3N4O2/c1-13(2)12-26-17(27)11-16(23-18(26)28)25-8-6-24(7-9-25)15-5-3-4-14(10-15)19(20,21)22/h3-5,10-11,13H,6-9,12H2,1-2H3,(H,23,28). The zero-order chi connectivity index (χ0) is 20.5. The summed E-state index contributed by atoms with van der Waals surface area (Å²) < 4.78 is 39.9. The third kappa shape index (κ3) is 4.40. The summed E-state index contributed by atoms with van der Waals surface area (Å²) in [4.78, 5) is 30.9. The van der Waals surface area contributed by atoms with Gasteiger partial charge in [-0.05, 0) is 24.1 Å². The van der Waals surface area contributed by atoms with E-state index >= 15 is 0 Å². The minimum atomic E-state index is -4.38. The van der Waals surface area contributed by atoms with Crippen LogP contribution >= 0.6 is 0 Å². The molecule has 0 spiro atoms. The molecule has 0 unspecified atom stereocenters. The van der Waals surface area contributed by atoms with Crippen LogP contribution in [0.25, 0.3) is 0 Å². The zero-order valence-corrected chi connectivity index (χ0v) is 15.8. The summed E-state index contributed by atoms with van der Waals surface area (Å²) in [6.45, 7) is 6.13. The topological polar surface area (TPSA) is 61.3 Å². The number of hydrogen-bond acceptors (Lipinski definition) is 4. The highest BCUT2D eigenvalue weighted by Crippen LogP contribution is 2.32. The van der Waals surface area contributed by atoms with Gasteiger partial charge in [0.15, 0.2) is 0 Å². The molecule has 152 valence electrons. The molecule has 1 aliphatic rings. The minimum Gasteiger partial charge on any atom is -0.368 e. The summed E-state index contributed by atoms with van der Waals surface area (Å²) in [5.41, 5.74) is -0.967. The summed E-state index contributed by atoms with van der Waals surface area (Å²) in [5.74, 6) is 0.611. The average molecular weight is 396 g/mol. The Hall–Kier alpha value is -2.71. The second-order valence-electron chi connectivity index (χ2n) is 7.32. The van der Waals surface area contributed by atoms with Crippen molar-refractivity contribution in [2.75, 3.05) is 36.0 Å². The molecule has 0 radical (unpaired) electrons. The van der Waals surface area contributed by atoms with Gasteiger partial charge in [-0.1, -0.05) is 19.9 Å². The van der Waals surface area contributed by atoms with Gasteiger partial charge in [0.05, 0.1) is 5.56 Å². The predicted molar refractivity (Wildman–Crippen MR) is 102 cm³/mol. The van der Waals surface area contributed by atoms with Crippen LogP contribution in [0.5, 0.6) is 0 Å². The van der Waals surface area contributed by atoms with Crippen LogP contribution in [0.1, 0.15) is 19.4 Å². The predicted octanol–water partition coefficient (Wildman–Crippen LogP) is 2.54. The number of rotatable bonds is 4. The van der Waals surface area contributed by atoms with Crippen molar-refractivity contribution in [3.05, 3.63) is 56.7 Å². The lowest BCUT2D eigenvalue weighted by atomic mass is 10.1. The Morgan fingerprint density at radius 2 is 1.68 bits per heavy atom. The molecule has 2 heterocycles. The van der Waals surface area contributed by atoms with Gasteiger partial charge in [-0.15, -0.1) is 0 Å². The molecule has 1 N–H and O–H groups in total. The molecule has 1 aliphatic heterocycles. The smallest absolute Gasteiger partial charge is 0.368 e. The van der Waals surface area contributed by atoms with E-state index in [4.69, 9.17) is 0 Å². The Bertz CT molecular complexity index is 910. The van der Waals surface area contributed by atoms with Gasteiger partial charge in [-0.2, -0.15) is 13.2 Å². The third-order valence-electron chi connectivity index (χ3n) is 4.71. The molecule has 1 fully saturated rings. The molecule has 28 heavy (non-hydrogen) atoms. The molecule has 3 rings (SSSR count). The second-order valence-corrected chi connectivity index (χ2v) is 7.32. The Kier molecular flexibility index (Phi) is 5.53. The molecule has 0 atom stereocenters. The lowest BCUT2D eigenvalue weighted by Gasteiger charge is -2.37. The van der Waals surface area contributed by atoms with Crippen LogP contribution in [0.3, 0.4) is 0 Å². The fourth-order valence-electron chi connectivity index (χ4n) is 3.30. The fraction of sp³-hybridized carbons (Fsp3) is 0.474. The molecule has 2 aromatic rings. The molecule has 1 saturated heterocycles. The number of benzene rings is 1. The number of nitrogens with one attached hydrogen (secondary N) is 1. The summed E-state index contributed by atoms with van der Waals surface area (Å²) >= 11 is 0. The molecule has 6 nitrogen and oxygen atoms in total. The first-order chi connectivity index (χ1) is 13.1. The maximum atomic E-state index is 12.9. The summed E-state index contributed by atoms with van der Waals surface area (Å²) in [5, 5.41) is 0. The van der Waals surface area contributed by atoms with Gasteiger partial charge < -0.3 is 9.80 Å². The first-order valence-electron chi connectivity index (χ1n) is 9.16. The summed E-state index contributed by atoms with van der Waals surface area (Å²) in [7, 11) is 0. The van der Waals surface area contributed by atoms with E-state index in [1.807, 2.05) is 23.6 Å². The van der Waals surface area contributed by atoms with Crippen molar-refractivity contribution >= 4 is 11.5 Å². The van der Waals surface area contributed by atoms with Crippen LogP contribution in [-0.4, -0.2) is 35.7 Å². The minimum absolute atomic E-state index is 0.167. The largest absolute Gasteiger partial charge is 0.416 e. The quantitative estimate of drug-likeness (QED) is 0.863. The van der Waals surface area contributed by atoms with Crippen LogP contribution in [0, 0.1) is 5.92 Å². The van der Waals surface area contributed by atoms with Crippen molar-refractivity contribution in [1.82, 2.24) is 9.55 Å². The first kappa shape index (κ1) is 20.0. The van der Waals surface area contributed by atoms with Crippen molar-refractivity contribution in [3.63, 3.8) is 0 Å². The number of aromatic amines is 1. The zero-order valence-electron chi connectivity index (χ0n) is 15.8. The highest BCUT2D eigenvalue weighted by atomic mass is 19.4. The normalized spacial score (nSPS) is 15.4. The number of anilines is 2. The molecule has 0 saturated carbocycles. The Morgan fingerprint density at radius 3 is 2.25 bits per heavy atom. The third-order valence-corrected chi connectivity index (χ3v) is 4.71. The van der Waals surface area contributed by atoms with Gasteiger partial charge in [-0.3, -0.25) is 14.3 Å². The highest BCUT2D eigenvalue weighted by Gasteiger charge is 2.31. The van der Waals surface area contributed by atoms with Crippen LogP contribution in [0.4, 0.5) is 24.7 Å².